The summed E-state index contributed by atoms with van der Waals surface area (Å²) in [5.74, 6) is 0.603. The maximum Gasteiger partial charge on any atom is 0.416 e. The van der Waals surface area contributed by atoms with Crippen LogP contribution < -0.4 is 10.2 Å². The molecule has 0 saturated heterocycles. The lowest BCUT2D eigenvalue weighted by Crippen LogP contribution is -2.47. The Balaban J connectivity index is 1.32. The van der Waals surface area contributed by atoms with Gasteiger partial charge in [-0.2, -0.15) is 13.2 Å². The molecule has 3 aliphatic rings. The van der Waals surface area contributed by atoms with Gasteiger partial charge in [-0.05, 0) is 85.9 Å². The highest BCUT2D eigenvalue weighted by atomic mass is 19.4. The lowest BCUT2D eigenvalue weighted by molar-refractivity contribution is -0.138. The molecule has 6 rings (SSSR count). The first-order chi connectivity index (χ1) is 19.1. The topological polar surface area (TPSA) is 72.3 Å². The van der Waals surface area contributed by atoms with E-state index in [0.29, 0.717) is 17.8 Å². The van der Waals surface area contributed by atoms with Crippen LogP contribution in [-0.4, -0.2) is 39.4 Å². The third kappa shape index (κ3) is 4.81. The van der Waals surface area contributed by atoms with Crippen LogP contribution in [0.1, 0.15) is 83.4 Å². The zero-order chi connectivity index (χ0) is 28.2. The summed E-state index contributed by atoms with van der Waals surface area (Å²) in [4.78, 5) is 15.1. The molecule has 2 fully saturated rings. The second kappa shape index (κ2) is 9.99. The normalized spacial score (nSPS) is 22.6. The maximum absolute atomic E-state index is 14.2. The van der Waals surface area contributed by atoms with E-state index in [0.717, 1.165) is 43.5 Å². The summed E-state index contributed by atoms with van der Waals surface area (Å²) >= 11 is 0. The van der Waals surface area contributed by atoms with Gasteiger partial charge < -0.3 is 19.5 Å². The van der Waals surface area contributed by atoms with E-state index in [-0.39, 0.29) is 41.2 Å². The number of nitrogens with one attached hydrogen (secondary N) is 1. The summed E-state index contributed by atoms with van der Waals surface area (Å²) < 4.78 is 50.0. The van der Waals surface area contributed by atoms with E-state index in [2.05, 4.69) is 22.4 Å². The van der Waals surface area contributed by atoms with Gasteiger partial charge in [0.15, 0.2) is 0 Å². The van der Waals surface area contributed by atoms with Crippen molar-refractivity contribution < 1.29 is 22.7 Å². The molecule has 40 heavy (non-hydrogen) atoms. The summed E-state index contributed by atoms with van der Waals surface area (Å²) in [6.45, 7) is 2.25. The molecule has 1 aromatic heterocycles. The highest BCUT2D eigenvalue weighted by Crippen LogP contribution is 2.45. The number of carbonyl (C=O) groups is 1. The summed E-state index contributed by atoms with van der Waals surface area (Å²) in [6, 6.07) is 10.4. The molecular weight excluding hydrogens is 519 g/mol. The summed E-state index contributed by atoms with van der Waals surface area (Å²) in [5, 5.41) is 11.8. The predicted octanol–water partition coefficient (Wildman–Crippen LogP) is 5.58. The van der Waals surface area contributed by atoms with Crippen molar-refractivity contribution in [2.24, 2.45) is 13.0 Å². The molecule has 1 aliphatic heterocycles. The molecule has 0 spiro atoms. The fourth-order valence-corrected chi connectivity index (χ4v) is 6.39. The van der Waals surface area contributed by atoms with Gasteiger partial charge in [-0.25, -0.2) is 0 Å². The van der Waals surface area contributed by atoms with Gasteiger partial charge in [0.05, 0.1) is 18.2 Å². The Bertz CT molecular complexity index is 1420. The number of carbonyl (C=O) groups excluding carboxylic acids is 1. The number of hydrogen-bond donors (Lipinski definition) is 1. The fourth-order valence-electron chi connectivity index (χ4n) is 6.39. The molecule has 2 saturated carbocycles. The second-order valence-corrected chi connectivity index (χ2v) is 11.8. The van der Waals surface area contributed by atoms with Crippen molar-refractivity contribution in [1.29, 1.82) is 0 Å². The van der Waals surface area contributed by atoms with Gasteiger partial charge in [0.2, 0.25) is 0 Å². The summed E-state index contributed by atoms with van der Waals surface area (Å²) in [5.41, 5.74) is 1.37. The minimum absolute atomic E-state index is 0.0355. The van der Waals surface area contributed by atoms with E-state index in [1.54, 1.807) is 25.6 Å². The minimum Gasteiger partial charge on any atom is -0.381 e. The first-order valence-electron chi connectivity index (χ1n) is 13.8. The smallest absolute Gasteiger partial charge is 0.381 e. The fraction of sp³-hybridized carbons (Fsp3) is 0.500. The molecule has 0 bridgehead atoms. The molecule has 0 unspecified atom stereocenters. The van der Waals surface area contributed by atoms with E-state index in [1.807, 2.05) is 29.8 Å². The third-order valence-electron chi connectivity index (χ3n) is 9.08. The number of fused-ring (bicyclic) bond motifs is 1. The van der Waals surface area contributed by atoms with E-state index in [1.165, 1.54) is 11.0 Å². The molecule has 2 aromatic carbocycles. The lowest BCUT2D eigenvalue weighted by atomic mass is 9.70. The average molecular weight is 554 g/mol. The Morgan fingerprint density at radius 1 is 1.20 bits per heavy atom. The first-order valence-corrected chi connectivity index (χ1v) is 13.8. The molecule has 1 atom stereocenters. The number of rotatable bonds is 8. The van der Waals surface area contributed by atoms with E-state index in [4.69, 9.17) is 4.74 Å². The number of aromatic nitrogens is 3. The maximum atomic E-state index is 14.2. The van der Waals surface area contributed by atoms with Crippen LogP contribution in [0.4, 0.5) is 18.9 Å². The Labute approximate surface area is 231 Å². The highest BCUT2D eigenvalue weighted by Gasteiger charge is 2.42. The standard InChI is InChI=1S/C30H34F3N5O2/c1-29(8-5-9-29)34-15-18-10-23-24(25(11-18)30(31,32)33)16-38(28(23)39)21-7-4-6-19(12-21)26(20-13-22(14-20)40-3)27-36-35-17-37(27)2/h4,6-7,10-12,17,20,22,26,34H,5,8-9,13-16H2,1-3H3/t20?,22?,26-/m0/s1. The molecule has 1 N–H and O–H groups in total. The number of aryl methyl sites for hydroxylation is 1. The van der Waals surface area contributed by atoms with Crippen LogP contribution in [0.25, 0.3) is 0 Å². The van der Waals surface area contributed by atoms with Crippen LogP contribution >= 0.6 is 0 Å². The molecule has 10 heteroatoms. The molecule has 2 aliphatic carbocycles. The first kappa shape index (κ1) is 27.0. The van der Waals surface area contributed by atoms with Crippen LogP contribution in [0.5, 0.6) is 0 Å². The van der Waals surface area contributed by atoms with Crippen LogP contribution in [0.2, 0.25) is 0 Å². The quantitative estimate of drug-likeness (QED) is 0.394. The Hall–Kier alpha value is -3.24. The van der Waals surface area contributed by atoms with Crippen LogP contribution in [0.3, 0.4) is 0 Å². The summed E-state index contributed by atoms with van der Waals surface area (Å²) in [6.07, 6.45) is 2.14. The van der Waals surface area contributed by atoms with Crippen molar-refractivity contribution in [2.45, 2.75) is 75.9 Å². The Morgan fingerprint density at radius 2 is 1.98 bits per heavy atom. The SMILES string of the molecule is COC1CC([C@H](c2cccc(N3Cc4c(cc(CNC5(C)CCC5)cc4C(F)(F)F)C3=O)c2)c2nncn2C)C1. The molecule has 3 aromatic rings. The zero-order valence-electron chi connectivity index (χ0n) is 23.0. The molecule has 1 amide bonds. The van der Waals surface area contributed by atoms with Crippen molar-refractivity contribution in [1.82, 2.24) is 20.1 Å². The second-order valence-electron chi connectivity index (χ2n) is 11.8. The van der Waals surface area contributed by atoms with Gasteiger partial charge in [-0.15, -0.1) is 10.2 Å². The van der Waals surface area contributed by atoms with E-state index in [9.17, 15) is 18.0 Å². The van der Waals surface area contributed by atoms with E-state index >= 15 is 0 Å². The monoisotopic (exact) mass is 553 g/mol. The predicted molar refractivity (Wildman–Crippen MR) is 144 cm³/mol. The number of ether oxygens (including phenoxy) is 1. The minimum atomic E-state index is -4.56. The van der Waals surface area contributed by atoms with Gasteiger partial charge in [0.25, 0.3) is 5.91 Å². The molecule has 0 radical (unpaired) electrons. The van der Waals surface area contributed by atoms with Crippen LogP contribution in [0, 0.1) is 5.92 Å². The van der Waals surface area contributed by atoms with Crippen LogP contribution in [-0.2, 0) is 31.1 Å². The molecular formula is C30H34F3N5O2. The number of hydrogen-bond acceptors (Lipinski definition) is 5. The number of halogens is 3. The Kier molecular flexibility index (Phi) is 6.73. The number of alkyl halides is 3. The highest BCUT2D eigenvalue weighted by molar-refractivity contribution is 6.10. The van der Waals surface area contributed by atoms with E-state index < -0.39 is 17.6 Å². The molecule has 212 valence electrons. The van der Waals surface area contributed by atoms with Crippen LogP contribution in [0.15, 0.2) is 42.7 Å². The van der Waals surface area contributed by atoms with Gasteiger partial charge in [-0.1, -0.05) is 12.1 Å². The van der Waals surface area contributed by atoms with Gasteiger partial charge >= 0.3 is 6.18 Å². The number of nitrogens with zero attached hydrogens (tertiary/aromatic N) is 4. The molecule has 7 nitrogen and oxygen atoms in total. The largest absolute Gasteiger partial charge is 0.416 e. The average Bonchev–Trinajstić information content (AvgIpc) is 3.45. The number of anilines is 1. The van der Waals surface area contributed by atoms with Gasteiger partial charge in [-0.3, -0.25) is 4.79 Å². The van der Waals surface area contributed by atoms with Gasteiger partial charge in [0.1, 0.15) is 12.2 Å². The third-order valence-corrected chi connectivity index (χ3v) is 9.08. The van der Waals surface area contributed by atoms with Crippen molar-refractivity contribution >= 4 is 11.6 Å². The van der Waals surface area contributed by atoms with Crippen molar-refractivity contribution in [3.05, 3.63) is 76.4 Å². The van der Waals surface area contributed by atoms with Crippen molar-refractivity contribution in [3.63, 3.8) is 0 Å². The van der Waals surface area contributed by atoms with Crippen molar-refractivity contribution in [3.8, 4) is 0 Å². The number of methoxy groups -OCH3 is 1. The number of amides is 1. The van der Waals surface area contributed by atoms with Gasteiger partial charge in [0, 0.05) is 43.4 Å². The Morgan fingerprint density at radius 3 is 2.60 bits per heavy atom. The lowest BCUT2D eigenvalue weighted by Gasteiger charge is -2.39. The number of benzene rings is 2. The zero-order valence-corrected chi connectivity index (χ0v) is 23.0. The summed E-state index contributed by atoms with van der Waals surface area (Å²) in [7, 11) is 3.61. The van der Waals surface area contributed by atoms with Crippen molar-refractivity contribution in [2.75, 3.05) is 12.0 Å². The molecule has 2 heterocycles.